The maximum absolute atomic E-state index is 10.2. The summed E-state index contributed by atoms with van der Waals surface area (Å²) in [4.78, 5) is 12.0. The number of terminal acetylenes is 1. The van der Waals surface area contributed by atoms with E-state index in [0.29, 0.717) is 11.2 Å². The average Bonchev–Trinajstić information content (AvgIpc) is 3.05. The minimum Gasteiger partial charge on any atom is -0.387 e. The topological polar surface area (TPSA) is 129 Å². The number of nitrogens with two attached hydrogens (primary N) is 1. The molecule has 1 fully saturated rings. The third kappa shape index (κ3) is 2.38. The van der Waals surface area contributed by atoms with Gasteiger partial charge in [0.25, 0.3) is 0 Å². The second kappa shape index (κ2) is 5.86. The standard InChI is InChI=1S/C13H15N5O4/c1-2-3-21-4-7-9(19)10(20)13(22-7)18-6-17-8-11(14)15-5-16-12(8)18/h1,5-7,9-10,13,19-20H,3-4H2,(H2,14,15,16)/t7?,9-,10-,13-/m1/s1. The van der Waals surface area contributed by atoms with Crippen LogP contribution >= 0.6 is 0 Å². The maximum Gasteiger partial charge on any atom is 0.167 e. The van der Waals surface area contributed by atoms with Gasteiger partial charge in [-0.1, -0.05) is 5.92 Å². The van der Waals surface area contributed by atoms with Crippen molar-refractivity contribution >= 4 is 17.0 Å². The highest BCUT2D eigenvalue weighted by molar-refractivity contribution is 5.81. The number of anilines is 1. The number of ether oxygens (including phenoxy) is 2. The smallest absolute Gasteiger partial charge is 0.167 e. The van der Waals surface area contributed by atoms with Crippen LogP contribution in [0.25, 0.3) is 11.2 Å². The largest absolute Gasteiger partial charge is 0.387 e. The summed E-state index contributed by atoms with van der Waals surface area (Å²) in [7, 11) is 0. The summed E-state index contributed by atoms with van der Waals surface area (Å²) in [5.74, 6) is 2.55. The van der Waals surface area contributed by atoms with E-state index in [0.717, 1.165) is 0 Å². The highest BCUT2D eigenvalue weighted by Gasteiger charge is 2.44. The summed E-state index contributed by atoms with van der Waals surface area (Å²) in [5.41, 5.74) is 6.53. The van der Waals surface area contributed by atoms with E-state index in [1.807, 2.05) is 0 Å². The Morgan fingerprint density at radius 2 is 2.18 bits per heavy atom. The molecule has 9 nitrogen and oxygen atoms in total. The van der Waals surface area contributed by atoms with E-state index in [1.54, 1.807) is 0 Å². The van der Waals surface area contributed by atoms with E-state index in [-0.39, 0.29) is 19.0 Å². The molecule has 0 bridgehead atoms. The highest BCUT2D eigenvalue weighted by Crippen LogP contribution is 2.31. The van der Waals surface area contributed by atoms with E-state index in [1.165, 1.54) is 17.2 Å². The lowest BCUT2D eigenvalue weighted by atomic mass is 10.1. The lowest BCUT2D eigenvalue weighted by Crippen LogP contribution is -2.33. The summed E-state index contributed by atoms with van der Waals surface area (Å²) < 4.78 is 12.3. The van der Waals surface area contributed by atoms with Gasteiger partial charge in [-0.25, -0.2) is 15.0 Å². The molecule has 3 rings (SSSR count). The molecule has 4 atom stereocenters. The first-order valence-corrected chi connectivity index (χ1v) is 6.59. The zero-order chi connectivity index (χ0) is 15.7. The number of aromatic nitrogens is 4. The van der Waals surface area contributed by atoms with Crippen LogP contribution in [0.1, 0.15) is 6.23 Å². The fraction of sp³-hybridized carbons (Fsp3) is 0.462. The van der Waals surface area contributed by atoms with Gasteiger partial charge < -0.3 is 25.4 Å². The normalized spacial score (nSPS) is 28.0. The van der Waals surface area contributed by atoms with Crippen LogP contribution in [0.3, 0.4) is 0 Å². The van der Waals surface area contributed by atoms with Crippen LogP contribution in [0.2, 0.25) is 0 Å². The molecule has 4 N–H and O–H groups in total. The molecule has 0 aliphatic carbocycles. The van der Waals surface area contributed by atoms with E-state index >= 15 is 0 Å². The Bertz CT molecular complexity index is 712. The summed E-state index contributed by atoms with van der Waals surface area (Å²) in [5, 5.41) is 20.2. The van der Waals surface area contributed by atoms with Crippen LogP contribution in [0.5, 0.6) is 0 Å². The van der Waals surface area contributed by atoms with Gasteiger partial charge in [0, 0.05) is 0 Å². The molecule has 1 aliphatic heterocycles. The average molecular weight is 305 g/mol. The molecule has 1 aliphatic rings. The van der Waals surface area contributed by atoms with E-state index in [4.69, 9.17) is 21.6 Å². The molecule has 0 amide bonds. The van der Waals surface area contributed by atoms with E-state index < -0.39 is 24.5 Å². The molecule has 0 radical (unpaired) electrons. The van der Waals surface area contributed by atoms with Crippen LogP contribution < -0.4 is 5.73 Å². The van der Waals surface area contributed by atoms with Crippen molar-refractivity contribution in [1.82, 2.24) is 19.5 Å². The Kier molecular flexibility index (Phi) is 3.91. The summed E-state index contributed by atoms with van der Waals surface area (Å²) >= 11 is 0. The molecule has 0 spiro atoms. The molecular weight excluding hydrogens is 290 g/mol. The summed E-state index contributed by atoms with van der Waals surface area (Å²) in [6.07, 6.45) is 3.99. The third-order valence-electron chi connectivity index (χ3n) is 3.47. The molecule has 22 heavy (non-hydrogen) atoms. The van der Waals surface area contributed by atoms with Gasteiger partial charge in [-0.05, 0) is 0 Å². The number of hydrogen-bond donors (Lipinski definition) is 3. The summed E-state index contributed by atoms with van der Waals surface area (Å²) in [6, 6.07) is 0. The zero-order valence-electron chi connectivity index (χ0n) is 11.5. The van der Waals surface area contributed by atoms with Crippen molar-refractivity contribution in [2.24, 2.45) is 0 Å². The molecule has 3 heterocycles. The Hall–Kier alpha value is -2.25. The molecule has 116 valence electrons. The second-order valence-electron chi connectivity index (χ2n) is 4.85. The lowest BCUT2D eigenvalue weighted by molar-refractivity contribution is -0.0615. The molecule has 0 aromatic carbocycles. The van der Waals surface area contributed by atoms with Crippen LogP contribution in [-0.2, 0) is 9.47 Å². The van der Waals surface area contributed by atoms with Crippen molar-refractivity contribution in [3.63, 3.8) is 0 Å². The van der Waals surface area contributed by atoms with Gasteiger partial charge in [0.2, 0.25) is 0 Å². The summed E-state index contributed by atoms with van der Waals surface area (Å²) in [6.45, 7) is 0.174. The number of imidazole rings is 1. The number of fused-ring (bicyclic) bond motifs is 1. The first kappa shape index (κ1) is 14.7. The molecule has 1 unspecified atom stereocenters. The van der Waals surface area contributed by atoms with Gasteiger partial charge in [0.1, 0.15) is 36.8 Å². The van der Waals surface area contributed by atoms with Gasteiger partial charge in [-0.15, -0.1) is 6.42 Å². The minimum atomic E-state index is -1.16. The van der Waals surface area contributed by atoms with Gasteiger partial charge in [-0.3, -0.25) is 4.57 Å². The number of nitrogens with zero attached hydrogens (tertiary/aromatic N) is 4. The molecule has 1 saturated heterocycles. The quantitative estimate of drug-likeness (QED) is 0.468. The predicted molar refractivity (Wildman–Crippen MR) is 75.3 cm³/mol. The number of nitrogen functional groups attached to an aromatic ring is 1. The molecular formula is C13H15N5O4. The van der Waals surface area contributed by atoms with Crippen molar-refractivity contribution in [2.45, 2.75) is 24.5 Å². The lowest BCUT2D eigenvalue weighted by Gasteiger charge is -2.16. The van der Waals surface area contributed by atoms with Crippen molar-refractivity contribution in [3.8, 4) is 12.3 Å². The van der Waals surface area contributed by atoms with Crippen molar-refractivity contribution in [2.75, 3.05) is 18.9 Å². The van der Waals surface area contributed by atoms with Crippen LogP contribution in [0.4, 0.5) is 5.82 Å². The van der Waals surface area contributed by atoms with Gasteiger partial charge in [0.15, 0.2) is 17.7 Å². The number of aliphatic hydroxyl groups excluding tert-OH is 2. The first-order valence-electron chi connectivity index (χ1n) is 6.59. The third-order valence-corrected chi connectivity index (χ3v) is 3.47. The van der Waals surface area contributed by atoms with Crippen LogP contribution in [0, 0.1) is 12.3 Å². The SMILES string of the molecule is C#CCOCC1O[C@@H](n2cnc3c(N)ncnc32)[C@H](O)[C@@H]1O. The van der Waals surface area contributed by atoms with Crippen LogP contribution in [0.15, 0.2) is 12.7 Å². The second-order valence-corrected chi connectivity index (χ2v) is 4.85. The van der Waals surface area contributed by atoms with Crippen molar-refractivity contribution in [3.05, 3.63) is 12.7 Å². The number of hydrogen-bond acceptors (Lipinski definition) is 8. The fourth-order valence-corrected chi connectivity index (χ4v) is 2.39. The Labute approximate surface area is 125 Å². The van der Waals surface area contributed by atoms with Gasteiger partial charge in [-0.2, -0.15) is 0 Å². The van der Waals surface area contributed by atoms with Gasteiger partial charge >= 0.3 is 0 Å². The number of rotatable bonds is 4. The first-order chi connectivity index (χ1) is 10.6. The fourth-order valence-electron chi connectivity index (χ4n) is 2.39. The van der Waals surface area contributed by atoms with E-state index in [2.05, 4.69) is 20.9 Å². The van der Waals surface area contributed by atoms with Crippen molar-refractivity contribution in [1.29, 1.82) is 0 Å². The molecule has 2 aromatic rings. The highest BCUT2D eigenvalue weighted by atomic mass is 16.6. The maximum atomic E-state index is 10.2. The molecule has 2 aromatic heterocycles. The zero-order valence-corrected chi connectivity index (χ0v) is 11.5. The van der Waals surface area contributed by atoms with Crippen molar-refractivity contribution < 1.29 is 19.7 Å². The molecule has 9 heteroatoms. The Morgan fingerprint density at radius 1 is 1.36 bits per heavy atom. The Balaban J connectivity index is 1.85. The molecule has 0 saturated carbocycles. The monoisotopic (exact) mass is 305 g/mol. The minimum absolute atomic E-state index is 0.0721. The van der Waals surface area contributed by atoms with Crippen LogP contribution in [-0.4, -0.2) is 61.3 Å². The Morgan fingerprint density at radius 3 is 2.95 bits per heavy atom. The number of aliphatic hydroxyl groups is 2. The van der Waals surface area contributed by atoms with Gasteiger partial charge in [0.05, 0.1) is 12.9 Å². The predicted octanol–water partition coefficient (Wildman–Crippen LogP) is -1.32. The van der Waals surface area contributed by atoms with E-state index in [9.17, 15) is 10.2 Å².